The van der Waals surface area contributed by atoms with Gasteiger partial charge in [0.15, 0.2) is 0 Å². The zero-order valence-corrected chi connectivity index (χ0v) is 9.98. The van der Waals surface area contributed by atoms with E-state index >= 15 is 0 Å². The standard InChI is InChI=1S/C11H15BrO3/c12-10-1-3-11(4-2-10)15-8-9(7-14)5-6-13/h1-4,9,13-14H,5-8H2. The van der Waals surface area contributed by atoms with E-state index in [2.05, 4.69) is 15.9 Å². The Morgan fingerprint density at radius 1 is 1.20 bits per heavy atom. The van der Waals surface area contributed by atoms with Crippen molar-refractivity contribution in [3.8, 4) is 5.75 Å². The number of rotatable bonds is 6. The molecule has 0 amide bonds. The van der Waals surface area contributed by atoms with Crippen molar-refractivity contribution in [2.24, 2.45) is 5.92 Å². The first-order valence-corrected chi connectivity index (χ1v) is 5.65. The minimum Gasteiger partial charge on any atom is -0.493 e. The van der Waals surface area contributed by atoms with Crippen LogP contribution in [-0.4, -0.2) is 30.0 Å². The van der Waals surface area contributed by atoms with Gasteiger partial charge in [0.25, 0.3) is 0 Å². The van der Waals surface area contributed by atoms with E-state index in [0.29, 0.717) is 13.0 Å². The third-order valence-electron chi connectivity index (χ3n) is 2.09. The second-order valence-electron chi connectivity index (χ2n) is 3.33. The molecule has 0 saturated heterocycles. The van der Waals surface area contributed by atoms with Crippen LogP contribution in [0, 0.1) is 5.92 Å². The maximum Gasteiger partial charge on any atom is 0.119 e. The van der Waals surface area contributed by atoms with Crippen LogP contribution in [0.3, 0.4) is 0 Å². The Morgan fingerprint density at radius 2 is 1.87 bits per heavy atom. The Morgan fingerprint density at radius 3 is 2.40 bits per heavy atom. The molecule has 0 fully saturated rings. The molecule has 0 aromatic heterocycles. The Kier molecular flexibility index (Phi) is 5.68. The molecule has 0 spiro atoms. The van der Waals surface area contributed by atoms with Crippen LogP contribution >= 0.6 is 15.9 Å². The molecule has 1 rings (SSSR count). The molecule has 1 atom stereocenters. The van der Waals surface area contributed by atoms with Gasteiger partial charge in [-0.3, -0.25) is 0 Å². The van der Waals surface area contributed by atoms with Gasteiger partial charge in [-0.2, -0.15) is 0 Å². The van der Waals surface area contributed by atoms with E-state index in [1.807, 2.05) is 24.3 Å². The highest BCUT2D eigenvalue weighted by Crippen LogP contribution is 2.17. The smallest absolute Gasteiger partial charge is 0.119 e. The van der Waals surface area contributed by atoms with Gasteiger partial charge in [-0.1, -0.05) is 15.9 Å². The molecule has 0 bridgehead atoms. The number of aliphatic hydroxyl groups is 2. The maximum atomic E-state index is 8.98. The van der Waals surface area contributed by atoms with Crippen LogP contribution in [0.25, 0.3) is 0 Å². The molecule has 0 saturated carbocycles. The van der Waals surface area contributed by atoms with Gasteiger partial charge in [-0.25, -0.2) is 0 Å². The quantitative estimate of drug-likeness (QED) is 0.832. The monoisotopic (exact) mass is 274 g/mol. The fourth-order valence-electron chi connectivity index (χ4n) is 1.15. The third-order valence-corrected chi connectivity index (χ3v) is 2.62. The molecule has 1 unspecified atom stereocenters. The summed E-state index contributed by atoms with van der Waals surface area (Å²) >= 11 is 3.34. The van der Waals surface area contributed by atoms with Crippen molar-refractivity contribution >= 4 is 15.9 Å². The van der Waals surface area contributed by atoms with Crippen molar-refractivity contribution in [2.75, 3.05) is 19.8 Å². The Bertz CT molecular complexity index is 274. The van der Waals surface area contributed by atoms with Crippen molar-refractivity contribution in [1.82, 2.24) is 0 Å². The summed E-state index contributed by atoms with van der Waals surface area (Å²) < 4.78 is 6.48. The van der Waals surface area contributed by atoms with Crippen LogP contribution in [0.4, 0.5) is 0 Å². The van der Waals surface area contributed by atoms with Gasteiger partial charge >= 0.3 is 0 Å². The van der Waals surface area contributed by atoms with Crippen LogP contribution in [0.2, 0.25) is 0 Å². The molecule has 0 aliphatic heterocycles. The molecule has 0 aliphatic rings. The Hall–Kier alpha value is -0.580. The van der Waals surface area contributed by atoms with Gasteiger partial charge < -0.3 is 14.9 Å². The van der Waals surface area contributed by atoms with E-state index in [0.717, 1.165) is 10.2 Å². The van der Waals surface area contributed by atoms with Crippen LogP contribution in [0.15, 0.2) is 28.7 Å². The van der Waals surface area contributed by atoms with Crippen LogP contribution in [0.1, 0.15) is 6.42 Å². The fraction of sp³-hybridized carbons (Fsp3) is 0.455. The normalized spacial score (nSPS) is 12.5. The first kappa shape index (κ1) is 12.5. The lowest BCUT2D eigenvalue weighted by atomic mass is 10.1. The minimum absolute atomic E-state index is 0.00125. The molecule has 0 aliphatic carbocycles. The molecular formula is C11H15BrO3. The minimum atomic E-state index is -0.00125. The van der Waals surface area contributed by atoms with E-state index < -0.39 is 0 Å². The van der Waals surface area contributed by atoms with Crippen molar-refractivity contribution in [3.63, 3.8) is 0 Å². The molecule has 4 heteroatoms. The number of benzene rings is 1. The fourth-order valence-corrected chi connectivity index (χ4v) is 1.42. The molecule has 84 valence electrons. The summed E-state index contributed by atoms with van der Waals surface area (Å²) in [5, 5.41) is 17.7. The molecule has 1 aromatic carbocycles. The number of halogens is 1. The van der Waals surface area contributed by atoms with Gasteiger partial charge in [-0.15, -0.1) is 0 Å². The molecule has 0 radical (unpaired) electrons. The summed E-state index contributed by atoms with van der Waals surface area (Å²) in [5.74, 6) is 0.772. The SMILES string of the molecule is OCCC(CO)COc1ccc(Br)cc1. The van der Waals surface area contributed by atoms with Crippen molar-refractivity contribution in [3.05, 3.63) is 28.7 Å². The highest BCUT2D eigenvalue weighted by atomic mass is 79.9. The first-order chi connectivity index (χ1) is 7.26. The summed E-state index contributed by atoms with van der Waals surface area (Å²) in [6, 6.07) is 7.51. The van der Waals surface area contributed by atoms with Crippen LogP contribution < -0.4 is 4.74 Å². The van der Waals surface area contributed by atoms with Crippen LogP contribution in [0.5, 0.6) is 5.75 Å². The molecule has 0 heterocycles. The first-order valence-electron chi connectivity index (χ1n) is 4.86. The lowest BCUT2D eigenvalue weighted by Crippen LogP contribution is -2.17. The van der Waals surface area contributed by atoms with Gasteiger partial charge in [0.05, 0.1) is 6.61 Å². The maximum absolute atomic E-state index is 8.98. The lowest BCUT2D eigenvalue weighted by Gasteiger charge is -2.13. The number of aliphatic hydroxyl groups excluding tert-OH is 2. The number of hydrogen-bond acceptors (Lipinski definition) is 3. The predicted octanol–water partition coefficient (Wildman–Crippen LogP) is 1.82. The molecule has 3 nitrogen and oxygen atoms in total. The highest BCUT2D eigenvalue weighted by molar-refractivity contribution is 9.10. The topological polar surface area (TPSA) is 49.7 Å². The van der Waals surface area contributed by atoms with E-state index in [1.54, 1.807) is 0 Å². The van der Waals surface area contributed by atoms with Gasteiger partial charge in [-0.05, 0) is 30.7 Å². The largest absolute Gasteiger partial charge is 0.493 e. The molecule has 1 aromatic rings. The second kappa shape index (κ2) is 6.82. The molecule has 2 N–H and O–H groups in total. The molecule has 15 heavy (non-hydrogen) atoms. The average Bonchev–Trinajstić information content (AvgIpc) is 2.26. The third kappa shape index (κ3) is 4.64. The zero-order valence-electron chi connectivity index (χ0n) is 8.40. The van der Waals surface area contributed by atoms with Gasteiger partial charge in [0, 0.05) is 23.6 Å². The summed E-state index contributed by atoms with van der Waals surface area (Å²) in [5.41, 5.74) is 0. The second-order valence-corrected chi connectivity index (χ2v) is 4.24. The summed E-state index contributed by atoms with van der Waals surface area (Å²) in [7, 11) is 0. The Labute approximate surface area is 97.8 Å². The lowest BCUT2D eigenvalue weighted by molar-refractivity contribution is 0.134. The molecular weight excluding hydrogens is 260 g/mol. The van der Waals surface area contributed by atoms with Gasteiger partial charge in [0.2, 0.25) is 0 Å². The number of ether oxygens (including phenoxy) is 1. The summed E-state index contributed by atoms with van der Waals surface area (Å²) in [6.07, 6.45) is 0.563. The van der Waals surface area contributed by atoms with Crippen molar-refractivity contribution in [2.45, 2.75) is 6.42 Å². The predicted molar refractivity (Wildman–Crippen MR) is 61.9 cm³/mol. The average molecular weight is 275 g/mol. The van der Waals surface area contributed by atoms with E-state index in [4.69, 9.17) is 14.9 Å². The van der Waals surface area contributed by atoms with E-state index in [1.165, 1.54) is 0 Å². The summed E-state index contributed by atoms with van der Waals surface area (Å²) in [4.78, 5) is 0. The van der Waals surface area contributed by atoms with E-state index in [-0.39, 0.29) is 19.1 Å². The number of hydrogen-bond donors (Lipinski definition) is 2. The van der Waals surface area contributed by atoms with Gasteiger partial charge in [0.1, 0.15) is 5.75 Å². The Balaban J connectivity index is 2.38. The highest BCUT2D eigenvalue weighted by Gasteiger charge is 2.07. The van der Waals surface area contributed by atoms with E-state index in [9.17, 15) is 0 Å². The summed E-state index contributed by atoms with van der Waals surface area (Å²) in [6.45, 7) is 0.546. The van der Waals surface area contributed by atoms with Crippen LogP contribution in [-0.2, 0) is 0 Å². The van der Waals surface area contributed by atoms with Crippen molar-refractivity contribution < 1.29 is 14.9 Å². The van der Waals surface area contributed by atoms with Crippen molar-refractivity contribution in [1.29, 1.82) is 0 Å². The zero-order chi connectivity index (χ0) is 11.1.